The lowest BCUT2D eigenvalue weighted by molar-refractivity contribution is 0.0514. The number of aliphatic hydroxyl groups excluding tert-OH is 2. The smallest absolute Gasteiger partial charge is 0.0590 e. The number of aliphatic hydroxyl groups is 2. The molecule has 1 unspecified atom stereocenters. The second-order valence-corrected chi connectivity index (χ2v) is 4.65. The summed E-state index contributed by atoms with van der Waals surface area (Å²) >= 11 is 0. The number of hydrogen-bond donors (Lipinski definition) is 2. The molecule has 0 amide bonds. The summed E-state index contributed by atoms with van der Waals surface area (Å²) in [4.78, 5) is 0. The Morgan fingerprint density at radius 3 is 2.36 bits per heavy atom. The predicted octanol–water partition coefficient (Wildman–Crippen LogP) is 2.34. The number of rotatable bonds is 5. The fourth-order valence-corrected chi connectivity index (χ4v) is 2.64. The topological polar surface area (TPSA) is 40.5 Å². The van der Waals surface area contributed by atoms with Gasteiger partial charge < -0.3 is 10.2 Å². The molecule has 2 N–H and O–H groups in total. The van der Waals surface area contributed by atoms with E-state index in [-0.39, 0.29) is 12.7 Å². The summed E-state index contributed by atoms with van der Waals surface area (Å²) in [6.07, 6.45) is 7.81. The van der Waals surface area contributed by atoms with Gasteiger partial charge in [0.1, 0.15) is 0 Å². The van der Waals surface area contributed by atoms with Crippen LogP contribution in [0.2, 0.25) is 0 Å². The van der Waals surface area contributed by atoms with Crippen molar-refractivity contribution >= 4 is 0 Å². The number of hydrogen-bond acceptors (Lipinski definition) is 2. The van der Waals surface area contributed by atoms with E-state index in [2.05, 4.69) is 6.92 Å². The maximum absolute atomic E-state index is 9.73. The van der Waals surface area contributed by atoms with E-state index in [1.807, 2.05) is 0 Å². The zero-order valence-corrected chi connectivity index (χ0v) is 9.28. The predicted molar refractivity (Wildman–Crippen MR) is 58.1 cm³/mol. The molecule has 84 valence electrons. The Morgan fingerprint density at radius 2 is 1.86 bits per heavy atom. The molecule has 0 aliphatic heterocycles. The monoisotopic (exact) mass is 200 g/mol. The summed E-state index contributed by atoms with van der Waals surface area (Å²) in [7, 11) is 0. The Labute approximate surface area is 87.3 Å². The summed E-state index contributed by atoms with van der Waals surface area (Å²) in [5, 5.41) is 18.5. The normalized spacial score (nSPS) is 30.2. The molecule has 0 radical (unpaired) electrons. The Kier molecular flexibility index (Phi) is 5.49. The van der Waals surface area contributed by atoms with Crippen LogP contribution in [0.15, 0.2) is 0 Å². The SMILES string of the molecule is CCC[C@H]1CC[C@H](C(O)CCO)CC1. The van der Waals surface area contributed by atoms with Gasteiger partial charge in [0.05, 0.1) is 6.10 Å². The van der Waals surface area contributed by atoms with E-state index in [9.17, 15) is 5.11 Å². The van der Waals surface area contributed by atoms with Crippen LogP contribution in [0.4, 0.5) is 0 Å². The second kappa shape index (κ2) is 6.41. The Balaban J connectivity index is 2.21. The molecule has 1 aliphatic carbocycles. The Bertz CT molecular complexity index is 139. The van der Waals surface area contributed by atoms with Crippen LogP contribution in [0, 0.1) is 11.8 Å². The van der Waals surface area contributed by atoms with Gasteiger partial charge in [-0.3, -0.25) is 0 Å². The minimum absolute atomic E-state index is 0.121. The average Bonchev–Trinajstić information content (AvgIpc) is 2.20. The Morgan fingerprint density at radius 1 is 1.21 bits per heavy atom. The van der Waals surface area contributed by atoms with E-state index in [4.69, 9.17) is 5.11 Å². The highest BCUT2D eigenvalue weighted by molar-refractivity contribution is 4.77. The van der Waals surface area contributed by atoms with Crippen LogP contribution in [0.3, 0.4) is 0 Å². The van der Waals surface area contributed by atoms with E-state index in [1.165, 1.54) is 25.7 Å². The molecule has 1 fully saturated rings. The van der Waals surface area contributed by atoms with Crippen LogP contribution in [0.25, 0.3) is 0 Å². The molecule has 1 aliphatic rings. The molecular weight excluding hydrogens is 176 g/mol. The van der Waals surface area contributed by atoms with Crippen LogP contribution in [-0.4, -0.2) is 22.9 Å². The average molecular weight is 200 g/mol. The molecule has 0 aromatic carbocycles. The Hall–Kier alpha value is -0.0800. The molecule has 0 heterocycles. The van der Waals surface area contributed by atoms with Gasteiger partial charge in [-0.2, -0.15) is 0 Å². The zero-order chi connectivity index (χ0) is 10.4. The van der Waals surface area contributed by atoms with E-state index >= 15 is 0 Å². The van der Waals surface area contributed by atoms with Crippen molar-refractivity contribution in [2.45, 2.75) is 58.0 Å². The first kappa shape index (κ1) is 12.0. The molecule has 0 saturated heterocycles. The van der Waals surface area contributed by atoms with Gasteiger partial charge in [0.15, 0.2) is 0 Å². The van der Waals surface area contributed by atoms with Crippen molar-refractivity contribution in [2.75, 3.05) is 6.61 Å². The summed E-state index contributed by atoms with van der Waals surface area (Å²) in [6, 6.07) is 0. The molecule has 0 aromatic heterocycles. The van der Waals surface area contributed by atoms with Crippen molar-refractivity contribution in [1.29, 1.82) is 0 Å². The quantitative estimate of drug-likeness (QED) is 0.715. The molecule has 0 spiro atoms. The lowest BCUT2D eigenvalue weighted by Gasteiger charge is -2.31. The fourth-order valence-electron chi connectivity index (χ4n) is 2.64. The van der Waals surface area contributed by atoms with Gasteiger partial charge in [0.25, 0.3) is 0 Å². The van der Waals surface area contributed by atoms with Gasteiger partial charge in [0.2, 0.25) is 0 Å². The van der Waals surface area contributed by atoms with Crippen molar-refractivity contribution in [3.8, 4) is 0 Å². The molecule has 0 bridgehead atoms. The van der Waals surface area contributed by atoms with Crippen LogP contribution < -0.4 is 0 Å². The third-order valence-electron chi connectivity index (χ3n) is 3.56. The van der Waals surface area contributed by atoms with Crippen LogP contribution in [-0.2, 0) is 0 Å². The molecule has 1 atom stereocenters. The van der Waals surface area contributed by atoms with Crippen molar-refractivity contribution in [2.24, 2.45) is 11.8 Å². The first-order valence-electron chi connectivity index (χ1n) is 6.06. The highest BCUT2D eigenvalue weighted by atomic mass is 16.3. The summed E-state index contributed by atoms with van der Waals surface area (Å²) < 4.78 is 0. The third kappa shape index (κ3) is 3.58. The van der Waals surface area contributed by atoms with Gasteiger partial charge in [-0.15, -0.1) is 0 Å². The lowest BCUT2D eigenvalue weighted by Crippen LogP contribution is -2.26. The van der Waals surface area contributed by atoms with Crippen LogP contribution in [0.5, 0.6) is 0 Å². The maximum atomic E-state index is 9.73. The largest absolute Gasteiger partial charge is 0.396 e. The van der Waals surface area contributed by atoms with E-state index < -0.39 is 0 Å². The van der Waals surface area contributed by atoms with Crippen molar-refractivity contribution in [1.82, 2.24) is 0 Å². The maximum Gasteiger partial charge on any atom is 0.0590 e. The minimum atomic E-state index is -0.262. The molecule has 0 aromatic rings. The highest BCUT2D eigenvalue weighted by Gasteiger charge is 2.25. The molecule has 1 saturated carbocycles. The van der Waals surface area contributed by atoms with Crippen molar-refractivity contribution in [3.63, 3.8) is 0 Å². The van der Waals surface area contributed by atoms with Gasteiger partial charge in [0, 0.05) is 6.61 Å². The van der Waals surface area contributed by atoms with E-state index in [1.54, 1.807) is 0 Å². The molecule has 14 heavy (non-hydrogen) atoms. The van der Waals surface area contributed by atoms with Crippen LogP contribution in [0.1, 0.15) is 51.9 Å². The summed E-state index contributed by atoms with van der Waals surface area (Å²) in [5.74, 6) is 1.35. The van der Waals surface area contributed by atoms with Crippen molar-refractivity contribution < 1.29 is 10.2 Å². The lowest BCUT2D eigenvalue weighted by atomic mass is 9.77. The van der Waals surface area contributed by atoms with E-state index in [0.29, 0.717) is 12.3 Å². The van der Waals surface area contributed by atoms with Gasteiger partial charge in [-0.1, -0.05) is 32.6 Å². The van der Waals surface area contributed by atoms with Gasteiger partial charge in [-0.05, 0) is 31.1 Å². The summed E-state index contributed by atoms with van der Waals surface area (Å²) in [6.45, 7) is 2.36. The second-order valence-electron chi connectivity index (χ2n) is 4.65. The zero-order valence-electron chi connectivity index (χ0n) is 9.28. The van der Waals surface area contributed by atoms with Gasteiger partial charge >= 0.3 is 0 Å². The summed E-state index contributed by atoms with van der Waals surface area (Å²) in [5.41, 5.74) is 0. The molecule has 2 nitrogen and oxygen atoms in total. The fraction of sp³-hybridized carbons (Fsp3) is 1.00. The minimum Gasteiger partial charge on any atom is -0.396 e. The molecule has 2 heteroatoms. The van der Waals surface area contributed by atoms with Gasteiger partial charge in [-0.25, -0.2) is 0 Å². The van der Waals surface area contributed by atoms with E-state index in [0.717, 1.165) is 18.8 Å². The van der Waals surface area contributed by atoms with Crippen molar-refractivity contribution in [3.05, 3.63) is 0 Å². The van der Waals surface area contributed by atoms with Crippen LogP contribution >= 0.6 is 0 Å². The highest BCUT2D eigenvalue weighted by Crippen LogP contribution is 2.33. The first-order valence-corrected chi connectivity index (χ1v) is 6.06. The third-order valence-corrected chi connectivity index (χ3v) is 3.56. The molecule has 1 rings (SSSR count). The standard InChI is InChI=1S/C12H24O2/c1-2-3-10-4-6-11(7-5-10)12(14)8-9-13/h10-14H,2-9H2,1H3/t10-,11-,12?. The first-order chi connectivity index (χ1) is 6.77. The molecular formula is C12H24O2.